The van der Waals surface area contributed by atoms with Crippen molar-refractivity contribution in [1.82, 2.24) is 0 Å². The number of hydrogen-bond donors (Lipinski definition) is 2. The van der Waals surface area contributed by atoms with E-state index in [1.807, 2.05) is 0 Å². The van der Waals surface area contributed by atoms with Crippen LogP contribution in [0.25, 0.3) is 0 Å². The Balaban J connectivity index is 1.66. The van der Waals surface area contributed by atoms with Gasteiger partial charge in [-0.05, 0) is 81.5 Å². The van der Waals surface area contributed by atoms with Crippen LogP contribution in [0.4, 0.5) is 0 Å². The van der Waals surface area contributed by atoms with E-state index in [4.69, 9.17) is 5.73 Å². The molecule has 3 fully saturated rings. The molecule has 0 bridgehead atoms. The van der Waals surface area contributed by atoms with Crippen molar-refractivity contribution in [2.45, 2.75) is 76.9 Å². The van der Waals surface area contributed by atoms with Crippen LogP contribution in [0.3, 0.4) is 0 Å². The molecule has 4 aliphatic rings. The van der Waals surface area contributed by atoms with Crippen molar-refractivity contribution >= 4 is 5.78 Å². The highest BCUT2D eigenvalue weighted by Gasteiger charge is 2.59. The SMILES string of the molecule is CC(=O)[C@H]1CC[C@H]2[C@@H]3CC=C4C[C@@H](O)CC[C@]4(C)[C@H]3CC[C@]12N. The largest absolute Gasteiger partial charge is 0.393 e. The summed E-state index contributed by atoms with van der Waals surface area (Å²) in [6.45, 7) is 4.17. The van der Waals surface area contributed by atoms with E-state index in [0.29, 0.717) is 23.5 Å². The average Bonchev–Trinajstić information content (AvgIpc) is 2.85. The van der Waals surface area contributed by atoms with E-state index >= 15 is 0 Å². The number of aliphatic hydroxyl groups excluding tert-OH is 1. The lowest BCUT2D eigenvalue weighted by molar-refractivity contribution is -0.124. The molecule has 4 aliphatic carbocycles. The molecule has 4 rings (SSSR count). The van der Waals surface area contributed by atoms with E-state index in [9.17, 15) is 9.90 Å². The van der Waals surface area contributed by atoms with E-state index < -0.39 is 0 Å². The maximum absolute atomic E-state index is 12.1. The van der Waals surface area contributed by atoms with Crippen molar-refractivity contribution in [3.8, 4) is 0 Å². The molecule has 128 valence electrons. The molecule has 3 saturated carbocycles. The lowest BCUT2D eigenvalue weighted by atomic mass is 9.49. The predicted octanol–water partition coefficient (Wildman–Crippen LogP) is 3.21. The minimum Gasteiger partial charge on any atom is -0.393 e. The summed E-state index contributed by atoms with van der Waals surface area (Å²) < 4.78 is 0. The van der Waals surface area contributed by atoms with Gasteiger partial charge in [-0.1, -0.05) is 18.6 Å². The molecule has 0 aromatic carbocycles. The quantitative estimate of drug-likeness (QED) is 0.730. The van der Waals surface area contributed by atoms with Gasteiger partial charge in [-0.3, -0.25) is 4.79 Å². The zero-order chi connectivity index (χ0) is 16.4. The van der Waals surface area contributed by atoms with Gasteiger partial charge in [-0.15, -0.1) is 0 Å². The molecule has 0 heterocycles. The maximum Gasteiger partial charge on any atom is 0.134 e. The van der Waals surface area contributed by atoms with Crippen molar-refractivity contribution < 1.29 is 9.90 Å². The molecular formula is C20H31NO2. The second kappa shape index (κ2) is 5.16. The number of allylic oxidation sites excluding steroid dienone is 1. The summed E-state index contributed by atoms with van der Waals surface area (Å²) in [5, 5.41) is 10.0. The Kier molecular flexibility index (Phi) is 3.55. The summed E-state index contributed by atoms with van der Waals surface area (Å²) in [5.74, 6) is 2.23. The summed E-state index contributed by atoms with van der Waals surface area (Å²) in [4.78, 5) is 12.1. The van der Waals surface area contributed by atoms with Gasteiger partial charge in [0.25, 0.3) is 0 Å². The molecule has 3 heteroatoms. The minimum atomic E-state index is -0.247. The van der Waals surface area contributed by atoms with E-state index in [2.05, 4.69) is 13.0 Å². The average molecular weight is 317 g/mol. The van der Waals surface area contributed by atoms with Crippen molar-refractivity contribution in [3.63, 3.8) is 0 Å². The highest BCUT2D eigenvalue weighted by molar-refractivity contribution is 5.80. The second-order valence-corrected chi connectivity index (χ2v) is 9.05. The molecule has 0 aliphatic heterocycles. The maximum atomic E-state index is 12.1. The Bertz CT molecular complexity index is 556. The highest BCUT2D eigenvalue weighted by Crippen LogP contribution is 2.62. The fourth-order valence-corrected chi connectivity index (χ4v) is 6.95. The Morgan fingerprint density at radius 3 is 2.74 bits per heavy atom. The molecule has 3 N–H and O–H groups in total. The number of ketones is 1. The van der Waals surface area contributed by atoms with E-state index in [1.54, 1.807) is 6.92 Å². The molecule has 0 radical (unpaired) electrons. The van der Waals surface area contributed by atoms with Gasteiger partial charge in [0.15, 0.2) is 0 Å². The molecule has 0 amide bonds. The fraction of sp³-hybridized carbons (Fsp3) is 0.850. The van der Waals surface area contributed by atoms with Crippen LogP contribution in [0.1, 0.15) is 65.2 Å². The third-order valence-electron chi connectivity index (χ3n) is 8.16. The monoisotopic (exact) mass is 317 g/mol. The first-order chi connectivity index (χ1) is 10.9. The molecule has 0 aromatic heterocycles. The second-order valence-electron chi connectivity index (χ2n) is 9.05. The highest BCUT2D eigenvalue weighted by atomic mass is 16.3. The number of aliphatic hydroxyl groups is 1. The van der Waals surface area contributed by atoms with E-state index in [0.717, 1.165) is 51.4 Å². The Hall–Kier alpha value is -0.670. The Morgan fingerprint density at radius 2 is 2.00 bits per heavy atom. The summed E-state index contributed by atoms with van der Waals surface area (Å²) in [5.41, 5.74) is 8.39. The molecule has 0 aromatic rings. The summed E-state index contributed by atoms with van der Waals surface area (Å²) in [6, 6.07) is 0. The van der Waals surface area contributed by atoms with Crippen molar-refractivity contribution in [2.75, 3.05) is 0 Å². The number of fused-ring (bicyclic) bond motifs is 5. The van der Waals surface area contributed by atoms with Crippen LogP contribution >= 0.6 is 0 Å². The van der Waals surface area contributed by atoms with E-state index in [-0.39, 0.29) is 23.0 Å². The molecule has 7 atom stereocenters. The van der Waals surface area contributed by atoms with Gasteiger partial charge in [0.1, 0.15) is 5.78 Å². The standard InChI is InChI=1S/C20H31NO2/c1-12(22)16-5-6-18-15-4-3-13-11-14(23)7-9-19(13,2)17(15)8-10-20(16,18)21/h3,14-18,23H,4-11,21H2,1-2H3/t14-,15+,16+,17-,18-,19-,20-/m0/s1. The molecule has 3 nitrogen and oxygen atoms in total. The molecule has 0 saturated heterocycles. The first-order valence-electron chi connectivity index (χ1n) is 9.53. The van der Waals surface area contributed by atoms with Crippen LogP contribution in [-0.4, -0.2) is 22.5 Å². The van der Waals surface area contributed by atoms with Gasteiger partial charge in [0.2, 0.25) is 0 Å². The van der Waals surface area contributed by atoms with Gasteiger partial charge in [-0.2, -0.15) is 0 Å². The summed E-state index contributed by atoms with van der Waals surface area (Å²) >= 11 is 0. The first-order valence-corrected chi connectivity index (χ1v) is 9.53. The van der Waals surface area contributed by atoms with Gasteiger partial charge in [0, 0.05) is 11.5 Å². The minimum absolute atomic E-state index is 0.0832. The van der Waals surface area contributed by atoms with E-state index in [1.165, 1.54) is 5.57 Å². The lowest BCUT2D eigenvalue weighted by Crippen LogP contribution is -2.59. The van der Waals surface area contributed by atoms with Crippen LogP contribution in [0.2, 0.25) is 0 Å². The van der Waals surface area contributed by atoms with Crippen LogP contribution in [0, 0.1) is 29.1 Å². The molecule has 0 unspecified atom stereocenters. The zero-order valence-corrected chi connectivity index (χ0v) is 14.6. The number of Topliss-reactive ketones (excluding diaryl/α,β-unsaturated/α-hetero) is 1. The Morgan fingerprint density at radius 1 is 1.22 bits per heavy atom. The van der Waals surface area contributed by atoms with Crippen molar-refractivity contribution in [2.24, 2.45) is 34.8 Å². The number of nitrogens with two attached hydrogens (primary N) is 1. The van der Waals surface area contributed by atoms with Gasteiger partial charge < -0.3 is 10.8 Å². The van der Waals surface area contributed by atoms with Crippen molar-refractivity contribution in [3.05, 3.63) is 11.6 Å². The van der Waals surface area contributed by atoms with Gasteiger partial charge >= 0.3 is 0 Å². The first kappa shape index (κ1) is 15.8. The molecular weight excluding hydrogens is 286 g/mol. The van der Waals surface area contributed by atoms with Crippen LogP contribution in [0.5, 0.6) is 0 Å². The Labute approximate surface area is 139 Å². The number of carbonyl (C=O) groups excluding carboxylic acids is 1. The number of carbonyl (C=O) groups is 1. The van der Waals surface area contributed by atoms with Crippen molar-refractivity contribution in [1.29, 1.82) is 0 Å². The van der Waals surface area contributed by atoms with Crippen LogP contribution in [0.15, 0.2) is 11.6 Å². The topological polar surface area (TPSA) is 63.3 Å². The van der Waals surface area contributed by atoms with Gasteiger partial charge in [0.05, 0.1) is 6.10 Å². The lowest BCUT2D eigenvalue weighted by Gasteiger charge is -2.57. The third kappa shape index (κ3) is 2.12. The third-order valence-corrected chi connectivity index (χ3v) is 8.16. The predicted molar refractivity (Wildman–Crippen MR) is 90.7 cm³/mol. The normalized spacial score (nSPS) is 52.2. The fourth-order valence-electron chi connectivity index (χ4n) is 6.95. The zero-order valence-electron chi connectivity index (χ0n) is 14.6. The summed E-state index contributed by atoms with van der Waals surface area (Å²) in [7, 11) is 0. The van der Waals surface area contributed by atoms with Gasteiger partial charge in [-0.25, -0.2) is 0 Å². The number of hydrogen-bond acceptors (Lipinski definition) is 3. The summed E-state index contributed by atoms with van der Waals surface area (Å²) in [6.07, 6.45) is 10.6. The smallest absolute Gasteiger partial charge is 0.134 e. The number of rotatable bonds is 1. The molecule has 23 heavy (non-hydrogen) atoms. The molecule has 0 spiro atoms. The van der Waals surface area contributed by atoms with Crippen LogP contribution < -0.4 is 5.73 Å². The van der Waals surface area contributed by atoms with Crippen LogP contribution in [-0.2, 0) is 4.79 Å².